The van der Waals surface area contributed by atoms with Crippen LogP contribution >= 0.6 is 31.9 Å². The first-order valence-electron chi connectivity index (χ1n) is 7.91. The van der Waals surface area contributed by atoms with E-state index in [4.69, 9.17) is 9.47 Å². The SMILES string of the molecule is CCc1nc2ccc(Br)cc2c(=O)n1N=Cc1cc2c(cc1Br)OCO2. The third kappa shape index (κ3) is 3.03. The Balaban J connectivity index is 1.83. The molecule has 1 aliphatic rings. The van der Waals surface area contributed by atoms with Crippen molar-refractivity contribution in [3.05, 3.63) is 61.0 Å². The zero-order valence-electron chi connectivity index (χ0n) is 13.7. The molecule has 132 valence electrons. The van der Waals surface area contributed by atoms with Crippen molar-refractivity contribution in [1.82, 2.24) is 9.66 Å². The second-order valence-corrected chi connectivity index (χ2v) is 7.40. The van der Waals surface area contributed by atoms with Gasteiger partial charge >= 0.3 is 0 Å². The predicted molar refractivity (Wildman–Crippen MR) is 106 cm³/mol. The summed E-state index contributed by atoms with van der Waals surface area (Å²) < 4.78 is 13.7. The van der Waals surface area contributed by atoms with E-state index in [9.17, 15) is 4.79 Å². The van der Waals surface area contributed by atoms with Crippen LogP contribution in [-0.4, -0.2) is 22.7 Å². The number of fused-ring (bicyclic) bond motifs is 2. The molecule has 0 spiro atoms. The first-order chi connectivity index (χ1) is 12.6. The number of halogens is 2. The minimum atomic E-state index is -0.207. The fraction of sp³-hybridized carbons (Fsp3) is 0.167. The van der Waals surface area contributed by atoms with E-state index in [1.165, 1.54) is 4.68 Å². The van der Waals surface area contributed by atoms with Crippen LogP contribution in [0.2, 0.25) is 0 Å². The lowest BCUT2D eigenvalue weighted by Gasteiger charge is -2.08. The number of aromatic nitrogens is 2. The molecule has 0 saturated carbocycles. The summed E-state index contributed by atoms with van der Waals surface area (Å²) in [5.74, 6) is 1.92. The first kappa shape index (κ1) is 17.2. The summed E-state index contributed by atoms with van der Waals surface area (Å²) in [6, 6.07) is 9.08. The fourth-order valence-corrected chi connectivity index (χ4v) is 3.48. The quantitative estimate of drug-likeness (QED) is 0.531. The van der Waals surface area contributed by atoms with E-state index in [0.29, 0.717) is 34.6 Å². The average molecular weight is 479 g/mol. The van der Waals surface area contributed by atoms with E-state index < -0.39 is 0 Å². The topological polar surface area (TPSA) is 65.7 Å². The normalized spacial score (nSPS) is 13.0. The Bertz CT molecular complexity index is 1110. The average Bonchev–Trinajstić information content (AvgIpc) is 3.08. The van der Waals surface area contributed by atoms with Crippen molar-refractivity contribution in [2.75, 3.05) is 6.79 Å². The monoisotopic (exact) mass is 477 g/mol. The van der Waals surface area contributed by atoms with Gasteiger partial charge in [-0.15, -0.1) is 0 Å². The lowest BCUT2D eigenvalue weighted by Crippen LogP contribution is -2.22. The van der Waals surface area contributed by atoms with E-state index in [1.54, 1.807) is 12.3 Å². The standard InChI is InChI=1S/C18H13Br2N3O3/c1-2-17-22-14-4-3-11(19)6-12(14)18(24)23(17)21-8-10-5-15-16(7-13(10)20)26-9-25-15/h3-8H,2,9H2,1H3. The van der Waals surface area contributed by atoms with Gasteiger partial charge in [-0.3, -0.25) is 4.79 Å². The van der Waals surface area contributed by atoms with Crippen LogP contribution < -0.4 is 15.0 Å². The Labute approximate surface area is 165 Å². The molecule has 2 aromatic carbocycles. The number of rotatable bonds is 3. The molecule has 1 aliphatic heterocycles. The molecule has 8 heteroatoms. The number of hydrogen-bond donors (Lipinski definition) is 0. The van der Waals surface area contributed by atoms with Gasteiger partial charge in [0.25, 0.3) is 5.56 Å². The number of hydrogen-bond acceptors (Lipinski definition) is 5. The largest absolute Gasteiger partial charge is 0.454 e. The molecule has 4 rings (SSSR count). The zero-order valence-corrected chi connectivity index (χ0v) is 16.9. The van der Waals surface area contributed by atoms with Gasteiger partial charge in [0.05, 0.1) is 17.1 Å². The Hall–Kier alpha value is -2.19. The Morgan fingerprint density at radius 2 is 2.00 bits per heavy atom. The molecule has 3 aromatic rings. The van der Waals surface area contributed by atoms with Crippen molar-refractivity contribution in [2.24, 2.45) is 5.10 Å². The van der Waals surface area contributed by atoms with Gasteiger partial charge in [-0.2, -0.15) is 9.78 Å². The van der Waals surface area contributed by atoms with Crippen LogP contribution in [0.5, 0.6) is 11.5 Å². The van der Waals surface area contributed by atoms with Crippen molar-refractivity contribution in [2.45, 2.75) is 13.3 Å². The van der Waals surface area contributed by atoms with Gasteiger partial charge in [0.1, 0.15) is 5.82 Å². The Morgan fingerprint density at radius 3 is 2.77 bits per heavy atom. The molecule has 0 aliphatic carbocycles. The summed E-state index contributed by atoms with van der Waals surface area (Å²) in [5, 5.41) is 4.90. The molecule has 0 saturated heterocycles. The highest BCUT2D eigenvalue weighted by molar-refractivity contribution is 9.10. The Kier molecular flexibility index (Phi) is 4.54. The number of benzene rings is 2. The summed E-state index contributed by atoms with van der Waals surface area (Å²) in [7, 11) is 0. The summed E-state index contributed by atoms with van der Waals surface area (Å²) in [4.78, 5) is 17.4. The molecule has 0 unspecified atom stereocenters. The predicted octanol–water partition coefficient (Wildman–Crippen LogP) is 4.09. The van der Waals surface area contributed by atoms with Gasteiger partial charge < -0.3 is 9.47 Å². The maximum absolute atomic E-state index is 12.9. The molecule has 0 atom stereocenters. The first-order valence-corrected chi connectivity index (χ1v) is 9.50. The number of nitrogens with zero attached hydrogens (tertiary/aromatic N) is 3. The highest BCUT2D eigenvalue weighted by Crippen LogP contribution is 2.36. The van der Waals surface area contributed by atoms with E-state index >= 15 is 0 Å². The van der Waals surface area contributed by atoms with Crippen LogP contribution in [0.25, 0.3) is 10.9 Å². The third-order valence-electron chi connectivity index (χ3n) is 4.00. The molecular weight excluding hydrogens is 466 g/mol. The van der Waals surface area contributed by atoms with Crippen molar-refractivity contribution in [3.63, 3.8) is 0 Å². The Morgan fingerprint density at radius 1 is 1.23 bits per heavy atom. The van der Waals surface area contributed by atoms with Crippen LogP contribution in [0.1, 0.15) is 18.3 Å². The van der Waals surface area contributed by atoms with Gasteiger partial charge in [0.15, 0.2) is 11.5 Å². The van der Waals surface area contributed by atoms with Crippen molar-refractivity contribution in [3.8, 4) is 11.5 Å². The smallest absolute Gasteiger partial charge is 0.282 e. The second-order valence-electron chi connectivity index (χ2n) is 5.63. The molecular formula is C18H13Br2N3O3. The summed E-state index contributed by atoms with van der Waals surface area (Å²) in [6.07, 6.45) is 2.19. The lowest BCUT2D eigenvalue weighted by atomic mass is 10.2. The molecule has 26 heavy (non-hydrogen) atoms. The third-order valence-corrected chi connectivity index (χ3v) is 5.18. The molecule has 0 fully saturated rings. The van der Waals surface area contributed by atoms with Crippen molar-refractivity contribution in [1.29, 1.82) is 0 Å². The van der Waals surface area contributed by atoms with E-state index in [2.05, 4.69) is 41.9 Å². The summed E-state index contributed by atoms with van der Waals surface area (Å²) >= 11 is 6.89. The van der Waals surface area contributed by atoms with Gasteiger partial charge in [-0.05, 0) is 46.3 Å². The van der Waals surface area contributed by atoms with E-state index in [1.807, 2.05) is 31.2 Å². The summed E-state index contributed by atoms with van der Waals surface area (Å²) in [6.45, 7) is 2.14. The van der Waals surface area contributed by atoms with Crippen LogP contribution in [0.3, 0.4) is 0 Å². The maximum atomic E-state index is 12.9. The second kappa shape index (κ2) is 6.85. The highest BCUT2D eigenvalue weighted by Gasteiger charge is 2.16. The number of ether oxygens (including phenoxy) is 2. The minimum absolute atomic E-state index is 0.200. The van der Waals surface area contributed by atoms with Crippen molar-refractivity contribution < 1.29 is 9.47 Å². The maximum Gasteiger partial charge on any atom is 0.282 e. The van der Waals surface area contributed by atoms with Crippen LogP contribution in [0, 0.1) is 0 Å². The zero-order chi connectivity index (χ0) is 18.3. The van der Waals surface area contributed by atoms with Crippen LogP contribution in [-0.2, 0) is 6.42 Å². The lowest BCUT2D eigenvalue weighted by molar-refractivity contribution is 0.174. The molecule has 1 aromatic heterocycles. The van der Waals surface area contributed by atoms with Gasteiger partial charge in [0, 0.05) is 20.9 Å². The fourth-order valence-electron chi connectivity index (χ4n) is 2.69. The van der Waals surface area contributed by atoms with Gasteiger partial charge in [-0.1, -0.05) is 22.9 Å². The van der Waals surface area contributed by atoms with Crippen molar-refractivity contribution >= 4 is 49.0 Å². The van der Waals surface area contributed by atoms with E-state index in [-0.39, 0.29) is 12.4 Å². The summed E-state index contributed by atoms with van der Waals surface area (Å²) in [5.41, 5.74) is 1.23. The minimum Gasteiger partial charge on any atom is -0.454 e. The highest BCUT2D eigenvalue weighted by atomic mass is 79.9. The van der Waals surface area contributed by atoms with Crippen LogP contribution in [0.15, 0.2) is 49.2 Å². The van der Waals surface area contributed by atoms with Gasteiger partial charge in [0.2, 0.25) is 6.79 Å². The molecule has 0 radical (unpaired) electrons. The van der Waals surface area contributed by atoms with E-state index in [0.717, 1.165) is 14.5 Å². The molecule has 0 amide bonds. The van der Waals surface area contributed by atoms with Gasteiger partial charge in [-0.25, -0.2) is 4.98 Å². The molecule has 0 bridgehead atoms. The van der Waals surface area contributed by atoms with Crippen LogP contribution in [0.4, 0.5) is 0 Å². The number of aryl methyl sites for hydroxylation is 1. The molecule has 6 nitrogen and oxygen atoms in total. The molecule has 0 N–H and O–H groups in total. The molecule has 2 heterocycles.